The number of nitrogens with one attached hydrogen (secondary N) is 2. The van der Waals surface area contributed by atoms with Crippen molar-refractivity contribution < 1.29 is 9.59 Å². The van der Waals surface area contributed by atoms with Gasteiger partial charge in [0.15, 0.2) is 0 Å². The molecule has 4 aromatic rings. The minimum atomic E-state index is -0.827. The van der Waals surface area contributed by atoms with E-state index in [0.29, 0.717) is 5.69 Å². The summed E-state index contributed by atoms with van der Waals surface area (Å²) >= 11 is 0. The molecule has 142 valence electrons. The fraction of sp³-hybridized carbons (Fsp3) is 0.0417. The second-order valence-electron chi connectivity index (χ2n) is 6.75. The molecule has 0 heterocycles. The zero-order chi connectivity index (χ0) is 20.2. The number of hydrogen-bond acceptors (Lipinski definition) is 3. The van der Waals surface area contributed by atoms with E-state index < -0.39 is 11.8 Å². The number of aryl methyl sites for hydroxylation is 1. The Morgan fingerprint density at radius 3 is 2.00 bits per heavy atom. The molecule has 0 saturated heterocycles. The summed E-state index contributed by atoms with van der Waals surface area (Å²) in [6, 6.07) is 25.3. The maximum atomic E-state index is 12.1. The highest BCUT2D eigenvalue weighted by Gasteiger charge is 2.13. The molecule has 2 amide bonds. The second-order valence-corrected chi connectivity index (χ2v) is 6.75. The number of nitrogens with zero attached hydrogens (tertiary/aromatic N) is 1. The van der Waals surface area contributed by atoms with Crippen molar-refractivity contribution >= 4 is 45.3 Å². The van der Waals surface area contributed by atoms with E-state index in [9.17, 15) is 9.59 Å². The van der Waals surface area contributed by atoms with E-state index >= 15 is 0 Å². The molecule has 0 aromatic heterocycles. The molecule has 0 fully saturated rings. The van der Waals surface area contributed by atoms with Crippen LogP contribution in [-0.4, -0.2) is 18.0 Å². The summed E-state index contributed by atoms with van der Waals surface area (Å²) in [7, 11) is 0. The Hall–Kier alpha value is -3.99. The first-order chi connectivity index (χ1) is 14.1. The molecular weight excluding hydrogens is 362 g/mol. The zero-order valence-electron chi connectivity index (χ0n) is 15.8. The maximum Gasteiger partial charge on any atom is 0.329 e. The van der Waals surface area contributed by atoms with Crippen LogP contribution in [0.4, 0.5) is 5.69 Å². The van der Waals surface area contributed by atoms with Crippen LogP contribution in [-0.2, 0) is 9.59 Å². The molecule has 29 heavy (non-hydrogen) atoms. The van der Waals surface area contributed by atoms with E-state index in [0.717, 1.165) is 32.7 Å². The average molecular weight is 381 g/mol. The van der Waals surface area contributed by atoms with Crippen LogP contribution in [0.3, 0.4) is 0 Å². The molecule has 5 nitrogen and oxygen atoms in total. The highest BCUT2D eigenvalue weighted by atomic mass is 16.2. The van der Waals surface area contributed by atoms with Crippen molar-refractivity contribution in [2.75, 3.05) is 5.32 Å². The van der Waals surface area contributed by atoms with Gasteiger partial charge in [0.05, 0.1) is 6.21 Å². The summed E-state index contributed by atoms with van der Waals surface area (Å²) in [4.78, 5) is 24.2. The second kappa shape index (κ2) is 7.94. The number of benzene rings is 4. The summed E-state index contributed by atoms with van der Waals surface area (Å²) < 4.78 is 0. The highest BCUT2D eigenvalue weighted by Crippen LogP contribution is 2.27. The van der Waals surface area contributed by atoms with E-state index in [1.165, 1.54) is 0 Å². The number of anilines is 1. The summed E-state index contributed by atoms with van der Waals surface area (Å²) in [5.74, 6) is -1.60. The fourth-order valence-corrected chi connectivity index (χ4v) is 3.22. The van der Waals surface area contributed by atoms with Crippen LogP contribution in [0.1, 0.15) is 11.1 Å². The number of carbonyl (C=O) groups excluding carboxylic acids is 2. The lowest BCUT2D eigenvalue weighted by atomic mass is 9.97. The Kier molecular flexibility index (Phi) is 5.03. The van der Waals surface area contributed by atoms with Gasteiger partial charge in [0.1, 0.15) is 0 Å². The molecule has 0 aliphatic rings. The van der Waals surface area contributed by atoms with Crippen LogP contribution >= 0.6 is 0 Å². The van der Waals surface area contributed by atoms with Gasteiger partial charge in [-0.3, -0.25) is 9.59 Å². The quantitative estimate of drug-likeness (QED) is 0.239. The third-order valence-electron chi connectivity index (χ3n) is 4.69. The minimum absolute atomic E-state index is 0.555. The van der Waals surface area contributed by atoms with Crippen molar-refractivity contribution in [3.05, 3.63) is 90.0 Å². The summed E-state index contributed by atoms with van der Waals surface area (Å²) in [5, 5.41) is 10.8. The Balaban J connectivity index is 1.55. The normalized spacial score (nSPS) is 11.1. The van der Waals surface area contributed by atoms with Gasteiger partial charge in [-0.25, -0.2) is 5.43 Å². The monoisotopic (exact) mass is 381 g/mol. The SMILES string of the molecule is Cc1ccc(NC(=O)C(=O)N/N=C/c2c3ccccc3cc3ccccc23)cc1. The van der Waals surface area contributed by atoms with Crippen molar-refractivity contribution in [2.45, 2.75) is 6.92 Å². The van der Waals surface area contributed by atoms with Crippen LogP contribution in [0.5, 0.6) is 0 Å². The Bertz CT molecular complexity index is 1190. The zero-order valence-corrected chi connectivity index (χ0v) is 15.8. The topological polar surface area (TPSA) is 70.6 Å². The third-order valence-corrected chi connectivity index (χ3v) is 4.69. The number of amides is 2. The Morgan fingerprint density at radius 1 is 0.793 bits per heavy atom. The first kappa shape index (κ1) is 18.4. The van der Waals surface area contributed by atoms with Gasteiger partial charge in [-0.05, 0) is 46.7 Å². The lowest BCUT2D eigenvalue weighted by molar-refractivity contribution is -0.136. The summed E-state index contributed by atoms with van der Waals surface area (Å²) in [5.41, 5.74) is 4.82. The van der Waals surface area contributed by atoms with Crippen LogP contribution < -0.4 is 10.7 Å². The summed E-state index contributed by atoms with van der Waals surface area (Å²) in [6.45, 7) is 1.95. The smallest absolute Gasteiger partial charge is 0.318 e. The molecule has 0 saturated carbocycles. The molecule has 5 heteroatoms. The molecule has 2 N–H and O–H groups in total. The predicted molar refractivity (Wildman–Crippen MR) is 117 cm³/mol. The molecule has 4 aromatic carbocycles. The van der Waals surface area contributed by atoms with Gasteiger partial charge >= 0.3 is 11.8 Å². The minimum Gasteiger partial charge on any atom is -0.318 e. The maximum absolute atomic E-state index is 12.1. The lowest BCUT2D eigenvalue weighted by Gasteiger charge is -2.08. The Labute approximate surface area is 168 Å². The van der Waals surface area contributed by atoms with Gasteiger partial charge in [0, 0.05) is 11.3 Å². The number of hydrazone groups is 1. The van der Waals surface area contributed by atoms with Gasteiger partial charge in [0.25, 0.3) is 0 Å². The third kappa shape index (κ3) is 3.99. The van der Waals surface area contributed by atoms with Crippen LogP contribution in [0.25, 0.3) is 21.5 Å². The van der Waals surface area contributed by atoms with Crippen molar-refractivity contribution in [2.24, 2.45) is 5.10 Å². The first-order valence-corrected chi connectivity index (χ1v) is 9.23. The molecule has 0 radical (unpaired) electrons. The number of carbonyl (C=O) groups is 2. The number of fused-ring (bicyclic) bond motifs is 2. The molecule has 0 aliphatic carbocycles. The van der Waals surface area contributed by atoms with E-state index in [-0.39, 0.29) is 0 Å². The predicted octanol–water partition coefficient (Wildman–Crippen LogP) is 4.39. The van der Waals surface area contributed by atoms with E-state index in [1.54, 1.807) is 18.3 Å². The summed E-state index contributed by atoms with van der Waals surface area (Å²) in [6.07, 6.45) is 1.59. The number of rotatable bonds is 3. The first-order valence-electron chi connectivity index (χ1n) is 9.23. The van der Waals surface area contributed by atoms with Crippen LogP contribution in [0.2, 0.25) is 0 Å². The van der Waals surface area contributed by atoms with E-state index in [2.05, 4.69) is 21.9 Å². The van der Waals surface area contributed by atoms with E-state index in [4.69, 9.17) is 0 Å². The van der Waals surface area contributed by atoms with E-state index in [1.807, 2.05) is 67.6 Å². The van der Waals surface area contributed by atoms with Gasteiger partial charge < -0.3 is 5.32 Å². The van der Waals surface area contributed by atoms with Gasteiger partial charge in [-0.2, -0.15) is 5.10 Å². The molecule has 0 unspecified atom stereocenters. The fourth-order valence-electron chi connectivity index (χ4n) is 3.22. The number of hydrogen-bond donors (Lipinski definition) is 2. The molecular formula is C24H19N3O2. The van der Waals surface area contributed by atoms with Gasteiger partial charge in [0.2, 0.25) is 0 Å². The van der Waals surface area contributed by atoms with Crippen LogP contribution in [0, 0.1) is 6.92 Å². The molecule has 0 spiro atoms. The van der Waals surface area contributed by atoms with Crippen molar-refractivity contribution in [1.82, 2.24) is 5.43 Å². The van der Waals surface area contributed by atoms with Gasteiger partial charge in [-0.15, -0.1) is 0 Å². The molecule has 0 atom stereocenters. The van der Waals surface area contributed by atoms with Gasteiger partial charge in [-0.1, -0.05) is 66.2 Å². The van der Waals surface area contributed by atoms with Crippen molar-refractivity contribution in [3.8, 4) is 0 Å². The Morgan fingerprint density at radius 2 is 1.38 bits per heavy atom. The highest BCUT2D eigenvalue weighted by molar-refractivity contribution is 6.39. The van der Waals surface area contributed by atoms with Crippen LogP contribution in [0.15, 0.2) is 84.0 Å². The molecule has 4 rings (SSSR count). The lowest BCUT2D eigenvalue weighted by Crippen LogP contribution is -2.32. The average Bonchev–Trinajstić information content (AvgIpc) is 2.74. The largest absolute Gasteiger partial charge is 0.329 e. The van der Waals surface area contributed by atoms with Crippen molar-refractivity contribution in [1.29, 1.82) is 0 Å². The molecule has 0 bridgehead atoms. The standard InChI is InChI=1S/C24H19N3O2/c1-16-10-12-19(13-11-16)26-23(28)24(29)27-25-15-22-20-8-4-2-6-17(20)14-18-7-3-5-9-21(18)22/h2-15H,1H3,(H,26,28)(H,27,29)/b25-15+. The van der Waals surface area contributed by atoms with Crippen molar-refractivity contribution in [3.63, 3.8) is 0 Å². The molecule has 0 aliphatic heterocycles.